The number of methoxy groups -OCH3 is 1. The van der Waals surface area contributed by atoms with Crippen LogP contribution in [0.1, 0.15) is 35.2 Å². The zero-order chi connectivity index (χ0) is 24.2. The number of nitrogens with zero attached hydrogens (tertiary/aromatic N) is 1. The summed E-state index contributed by atoms with van der Waals surface area (Å²) in [6, 6.07) is 18.9. The molecule has 0 aliphatic rings. The Hall–Kier alpha value is -3.32. The van der Waals surface area contributed by atoms with Gasteiger partial charge in [-0.1, -0.05) is 35.9 Å². The van der Waals surface area contributed by atoms with Gasteiger partial charge in [0.05, 0.1) is 23.7 Å². The van der Waals surface area contributed by atoms with E-state index in [-0.39, 0.29) is 17.5 Å². The second kappa shape index (κ2) is 10.1. The third-order valence-electron chi connectivity index (χ3n) is 5.67. The first-order valence-electron chi connectivity index (χ1n) is 10.7. The Labute approximate surface area is 196 Å². The molecule has 1 amide bonds. The highest BCUT2D eigenvalue weighted by Crippen LogP contribution is 2.26. The fourth-order valence-corrected chi connectivity index (χ4v) is 4.86. The molecule has 7 heteroatoms. The molecule has 0 fully saturated rings. The van der Waals surface area contributed by atoms with Crippen LogP contribution in [0.25, 0.3) is 0 Å². The topological polar surface area (TPSA) is 75.7 Å². The molecule has 1 atom stereocenters. The molecule has 0 aliphatic heterocycles. The first kappa shape index (κ1) is 24.3. The van der Waals surface area contributed by atoms with Gasteiger partial charge in [0.1, 0.15) is 12.3 Å². The smallest absolute Gasteiger partial charge is 0.264 e. The highest BCUT2D eigenvalue weighted by molar-refractivity contribution is 7.92. The molecular weight excluding hydrogens is 436 g/mol. The van der Waals surface area contributed by atoms with Crippen LogP contribution in [0.4, 0.5) is 5.69 Å². The summed E-state index contributed by atoms with van der Waals surface area (Å²) < 4.78 is 33.3. The first-order chi connectivity index (χ1) is 15.6. The Morgan fingerprint density at radius 1 is 0.939 bits per heavy atom. The normalized spacial score (nSPS) is 12.2. The average molecular weight is 467 g/mol. The lowest BCUT2D eigenvalue weighted by Crippen LogP contribution is -2.41. The molecule has 0 saturated carbocycles. The maximum atomic E-state index is 13.5. The van der Waals surface area contributed by atoms with E-state index < -0.39 is 15.9 Å². The first-order valence-corrected chi connectivity index (χ1v) is 12.2. The summed E-state index contributed by atoms with van der Waals surface area (Å²) in [5, 5.41) is 2.93. The van der Waals surface area contributed by atoms with Gasteiger partial charge in [-0.2, -0.15) is 0 Å². The maximum Gasteiger partial charge on any atom is 0.264 e. The summed E-state index contributed by atoms with van der Waals surface area (Å²) in [6.07, 6.45) is 0. The third kappa shape index (κ3) is 5.73. The summed E-state index contributed by atoms with van der Waals surface area (Å²) in [6.45, 7) is 7.48. The number of sulfonamides is 1. The molecular formula is C26H30N2O4S. The fourth-order valence-electron chi connectivity index (χ4n) is 3.44. The van der Waals surface area contributed by atoms with Crippen LogP contribution < -0.4 is 14.4 Å². The van der Waals surface area contributed by atoms with Gasteiger partial charge in [0.25, 0.3) is 10.0 Å². The predicted molar refractivity (Wildman–Crippen MR) is 131 cm³/mol. The van der Waals surface area contributed by atoms with Crippen LogP contribution in [0, 0.1) is 20.8 Å². The van der Waals surface area contributed by atoms with E-state index in [4.69, 9.17) is 4.74 Å². The zero-order valence-electron chi connectivity index (χ0n) is 19.6. The van der Waals surface area contributed by atoms with E-state index >= 15 is 0 Å². The van der Waals surface area contributed by atoms with Crippen molar-refractivity contribution in [2.75, 3.05) is 18.0 Å². The van der Waals surface area contributed by atoms with Crippen LogP contribution in [0.5, 0.6) is 5.75 Å². The molecule has 6 nitrogen and oxygen atoms in total. The van der Waals surface area contributed by atoms with Crippen LogP contribution in [0.3, 0.4) is 0 Å². The van der Waals surface area contributed by atoms with E-state index in [9.17, 15) is 13.2 Å². The summed E-state index contributed by atoms with van der Waals surface area (Å²) in [5.74, 6) is 0.200. The van der Waals surface area contributed by atoms with E-state index in [0.29, 0.717) is 11.4 Å². The van der Waals surface area contributed by atoms with E-state index in [1.807, 2.05) is 45.9 Å². The predicted octanol–water partition coefficient (Wildman–Crippen LogP) is 4.69. The molecule has 0 aromatic heterocycles. The maximum absolute atomic E-state index is 13.5. The summed E-state index contributed by atoms with van der Waals surface area (Å²) in [4.78, 5) is 13.1. The largest absolute Gasteiger partial charge is 0.497 e. The Bertz CT molecular complexity index is 1220. The molecule has 1 unspecified atom stereocenters. The molecule has 0 heterocycles. The molecule has 0 bridgehead atoms. The van der Waals surface area contributed by atoms with Crippen molar-refractivity contribution in [3.63, 3.8) is 0 Å². The van der Waals surface area contributed by atoms with Gasteiger partial charge in [-0.05, 0) is 80.8 Å². The Kier molecular flexibility index (Phi) is 7.43. The summed E-state index contributed by atoms with van der Waals surface area (Å²) in [5.41, 5.74) is 4.60. The van der Waals surface area contributed by atoms with Gasteiger partial charge in [-0.3, -0.25) is 9.10 Å². The lowest BCUT2D eigenvalue weighted by Gasteiger charge is -2.25. The average Bonchev–Trinajstić information content (AvgIpc) is 2.79. The number of benzene rings is 3. The Balaban J connectivity index is 1.89. The number of nitrogens with one attached hydrogen (secondary N) is 1. The van der Waals surface area contributed by atoms with Gasteiger partial charge < -0.3 is 10.1 Å². The number of hydrogen-bond acceptors (Lipinski definition) is 4. The number of carbonyl (C=O) groups excluding carboxylic acids is 1. The minimum Gasteiger partial charge on any atom is -0.497 e. The standard InChI is InChI=1S/C26H30N2O4S/c1-18-6-14-25(15-7-18)33(30,31)28(23-10-12-24(32-5)13-11-23)17-26(29)27-21(4)22-9-8-19(2)20(3)16-22/h6-16,21H,17H2,1-5H3,(H,27,29). The van der Waals surface area contributed by atoms with E-state index in [1.165, 1.54) is 12.7 Å². The SMILES string of the molecule is COc1ccc(N(CC(=O)NC(C)c2ccc(C)c(C)c2)S(=O)(=O)c2ccc(C)cc2)cc1. The second-order valence-electron chi connectivity index (χ2n) is 8.16. The van der Waals surface area contributed by atoms with Gasteiger partial charge in [-0.25, -0.2) is 8.42 Å². The molecule has 3 aromatic carbocycles. The van der Waals surface area contributed by atoms with Gasteiger partial charge >= 0.3 is 0 Å². The van der Waals surface area contributed by atoms with Crippen molar-refractivity contribution in [3.05, 3.63) is 89.0 Å². The fraction of sp³-hybridized carbons (Fsp3) is 0.269. The lowest BCUT2D eigenvalue weighted by atomic mass is 10.0. The second-order valence-corrected chi connectivity index (χ2v) is 10.0. The van der Waals surface area contributed by atoms with Gasteiger partial charge in [0.2, 0.25) is 5.91 Å². The molecule has 0 saturated heterocycles. The molecule has 0 aliphatic carbocycles. The zero-order valence-corrected chi connectivity index (χ0v) is 20.4. The number of carbonyl (C=O) groups is 1. The van der Waals surface area contributed by atoms with Crippen molar-refractivity contribution in [3.8, 4) is 5.75 Å². The Morgan fingerprint density at radius 2 is 1.58 bits per heavy atom. The minimum atomic E-state index is -3.97. The van der Waals surface area contributed by atoms with Crippen molar-refractivity contribution < 1.29 is 17.9 Å². The number of amides is 1. The highest BCUT2D eigenvalue weighted by Gasteiger charge is 2.27. The van der Waals surface area contributed by atoms with E-state index in [2.05, 4.69) is 5.32 Å². The molecule has 3 rings (SSSR count). The van der Waals surface area contributed by atoms with Crippen molar-refractivity contribution in [2.24, 2.45) is 0 Å². The number of hydrogen-bond donors (Lipinski definition) is 1. The van der Waals surface area contributed by atoms with E-state index in [1.54, 1.807) is 48.5 Å². The number of ether oxygens (including phenoxy) is 1. The van der Waals surface area contributed by atoms with Crippen LogP contribution >= 0.6 is 0 Å². The molecule has 1 N–H and O–H groups in total. The number of aryl methyl sites for hydroxylation is 3. The van der Waals surface area contributed by atoms with Crippen molar-refractivity contribution in [1.82, 2.24) is 5.32 Å². The molecule has 174 valence electrons. The van der Waals surface area contributed by atoms with Crippen LogP contribution in [0.15, 0.2) is 71.6 Å². The van der Waals surface area contributed by atoms with Gasteiger partial charge in [0, 0.05) is 0 Å². The van der Waals surface area contributed by atoms with Crippen molar-refractivity contribution in [2.45, 2.75) is 38.6 Å². The van der Waals surface area contributed by atoms with Crippen LogP contribution in [-0.2, 0) is 14.8 Å². The molecule has 0 spiro atoms. The van der Waals surface area contributed by atoms with Gasteiger partial charge in [0.15, 0.2) is 0 Å². The highest BCUT2D eigenvalue weighted by atomic mass is 32.2. The molecule has 3 aromatic rings. The van der Waals surface area contributed by atoms with Crippen LogP contribution in [0.2, 0.25) is 0 Å². The summed E-state index contributed by atoms with van der Waals surface area (Å²) in [7, 11) is -2.43. The van der Waals surface area contributed by atoms with Crippen LogP contribution in [-0.4, -0.2) is 28.0 Å². The summed E-state index contributed by atoms with van der Waals surface area (Å²) >= 11 is 0. The number of anilines is 1. The van der Waals surface area contributed by atoms with E-state index in [0.717, 1.165) is 21.0 Å². The van der Waals surface area contributed by atoms with Crippen molar-refractivity contribution >= 4 is 21.6 Å². The number of rotatable bonds is 8. The van der Waals surface area contributed by atoms with Gasteiger partial charge in [-0.15, -0.1) is 0 Å². The monoisotopic (exact) mass is 466 g/mol. The Morgan fingerprint density at radius 3 is 2.15 bits per heavy atom. The third-order valence-corrected chi connectivity index (χ3v) is 7.45. The minimum absolute atomic E-state index is 0.124. The lowest BCUT2D eigenvalue weighted by molar-refractivity contribution is -0.120. The molecule has 0 radical (unpaired) electrons. The van der Waals surface area contributed by atoms with Crippen molar-refractivity contribution in [1.29, 1.82) is 0 Å². The quantitative estimate of drug-likeness (QED) is 0.522. The molecule has 33 heavy (non-hydrogen) atoms.